The summed E-state index contributed by atoms with van der Waals surface area (Å²) in [6.07, 6.45) is 0. The lowest BCUT2D eigenvalue weighted by atomic mass is 9.87. The Kier molecular flexibility index (Phi) is 5.40. The largest absolute Gasteiger partial charge is 0.480 e. The lowest BCUT2D eigenvalue weighted by molar-refractivity contribution is -0.143. The van der Waals surface area contributed by atoms with Gasteiger partial charge in [-0.1, -0.05) is 20.8 Å². The van der Waals surface area contributed by atoms with E-state index in [1.807, 2.05) is 20.8 Å². The maximum atomic E-state index is 11.6. The van der Waals surface area contributed by atoms with E-state index in [2.05, 4.69) is 5.32 Å². The van der Waals surface area contributed by atoms with E-state index in [1.54, 1.807) is 0 Å². The number of ether oxygens (including phenoxy) is 1. The zero-order chi connectivity index (χ0) is 12.9. The SMILES string of the molecule is COCC(NC(=O)[C@@H](N)C(C)(C)C)C(=O)O. The molecule has 0 aromatic rings. The molecule has 2 atom stereocenters. The Morgan fingerprint density at radius 3 is 2.25 bits per heavy atom. The fourth-order valence-electron chi connectivity index (χ4n) is 0.996. The van der Waals surface area contributed by atoms with Crippen LogP contribution in [0.2, 0.25) is 0 Å². The normalized spacial score (nSPS) is 15.3. The van der Waals surface area contributed by atoms with Crippen LogP contribution >= 0.6 is 0 Å². The first-order valence-corrected chi connectivity index (χ1v) is 4.98. The highest BCUT2D eigenvalue weighted by molar-refractivity contribution is 5.87. The van der Waals surface area contributed by atoms with Crippen molar-refractivity contribution in [1.82, 2.24) is 5.32 Å². The van der Waals surface area contributed by atoms with Crippen LogP contribution in [0.3, 0.4) is 0 Å². The number of hydrogen-bond acceptors (Lipinski definition) is 4. The monoisotopic (exact) mass is 232 g/mol. The number of methoxy groups -OCH3 is 1. The van der Waals surface area contributed by atoms with Crippen molar-refractivity contribution in [2.24, 2.45) is 11.1 Å². The van der Waals surface area contributed by atoms with Gasteiger partial charge in [-0.2, -0.15) is 0 Å². The number of aliphatic carboxylic acids is 1. The molecule has 0 heterocycles. The van der Waals surface area contributed by atoms with Crippen LogP contribution in [0.5, 0.6) is 0 Å². The molecule has 0 saturated carbocycles. The van der Waals surface area contributed by atoms with Crippen LogP contribution in [0.15, 0.2) is 0 Å². The molecule has 1 unspecified atom stereocenters. The molecule has 0 aliphatic heterocycles. The van der Waals surface area contributed by atoms with Crippen molar-refractivity contribution in [2.45, 2.75) is 32.9 Å². The second kappa shape index (κ2) is 5.81. The number of carboxylic acids is 1. The van der Waals surface area contributed by atoms with Gasteiger partial charge in [-0.25, -0.2) is 4.79 Å². The first-order valence-electron chi connectivity index (χ1n) is 4.98. The Balaban J connectivity index is 4.46. The standard InChI is InChI=1S/C10H20N2O4/c1-10(2,3)7(11)8(13)12-6(5-16-4)9(14)15/h6-7H,5,11H2,1-4H3,(H,12,13)(H,14,15)/t6?,7-/m1/s1. The predicted molar refractivity (Wildman–Crippen MR) is 58.9 cm³/mol. The highest BCUT2D eigenvalue weighted by atomic mass is 16.5. The van der Waals surface area contributed by atoms with Crippen LogP contribution in [-0.2, 0) is 14.3 Å². The summed E-state index contributed by atoms with van der Waals surface area (Å²) in [4.78, 5) is 22.4. The van der Waals surface area contributed by atoms with Crippen molar-refractivity contribution in [3.8, 4) is 0 Å². The van der Waals surface area contributed by atoms with Crippen LogP contribution in [-0.4, -0.2) is 42.8 Å². The average molecular weight is 232 g/mol. The lowest BCUT2D eigenvalue weighted by Gasteiger charge is -2.27. The molecule has 0 aliphatic carbocycles. The van der Waals surface area contributed by atoms with Gasteiger partial charge in [0, 0.05) is 7.11 Å². The lowest BCUT2D eigenvalue weighted by Crippen LogP contribution is -2.54. The summed E-state index contributed by atoms with van der Waals surface area (Å²) in [7, 11) is 1.37. The van der Waals surface area contributed by atoms with Crippen LogP contribution < -0.4 is 11.1 Å². The molecule has 6 heteroatoms. The zero-order valence-electron chi connectivity index (χ0n) is 10.1. The molecule has 0 aromatic heterocycles. The van der Waals surface area contributed by atoms with E-state index in [-0.39, 0.29) is 6.61 Å². The van der Waals surface area contributed by atoms with Gasteiger partial charge in [0.15, 0.2) is 6.04 Å². The molecule has 0 spiro atoms. The molecule has 94 valence electrons. The van der Waals surface area contributed by atoms with Gasteiger partial charge in [-0.15, -0.1) is 0 Å². The third-order valence-corrected chi connectivity index (χ3v) is 2.16. The van der Waals surface area contributed by atoms with Crippen LogP contribution in [0, 0.1) is 5.41 Å². The Labute approximate surface area is 95.1 Å². The van der Waals surface area contributed by atoms with Gasteiger partial charge in [-0.05, 0) is 5.41 Å². The van der Waals surface area contributed by atoms with Crippen molar-refractivity contribution in [1.29, 1.82) is 0 Å². The van der Waals surface area contributed by atoms with Crippen molar-refractivity contribution in [2.75, 3.05) is 13.7 Å². The van der Waals surface area contributed by atoms with Gasteiger partial charge in [-0.3, -0.25) is 4.79 Å². The minimum absolute atomic E-state index is 0.0854. The highest BCUT2D eigenvalue weighted by Gasteiger charge is 2.30. The average Bonchev–Trinajstić information content (AvgIpc) is 2.14. The molecule has 0 rings (SSSR count). The summed E-state index contributed by atoms with van der Waals surface area (Å²) < 4.78 is 4.70. The summed E-state index contributed by atoms with van der Waals surface area (Å²) in [6, 6.07) is -1.82. The number of rotatable bonds is 5. The molecular weight excluding hydrogens is 212 g/mol. The number of amides is 1. The number of hydrogen-bond donors (Lipinski definition) is 3. The quantitative estimate of drug-likeness (QED) is 0.597. The smallest absolute Gasteiger partial charge is 0.328 e. The van der Waals surface area contributed by atoms with Gasteiger partial charge in [0.25, 0.3) is 0 Å². The second-order valence-corrected chi connectivity index (χ2v) is 4.70. The van der Waals surface area contributed by atoms with E-state index in [0.717, 1.165) is 0 Å². The van der Waals surface area contributed by atoms with E-state index >= 15 is 0 Å². The Morgan fingerprint density at radius 2 is 1.94 bits per heavy atom. The maximum Gasteiger partial charge on any atom is 0.328 e. The van der Waals surface area contributed by atoms with Crippen LogP contribution in [0.1, 0.15) is 20.8 Å². The molecule has 0 saturated heterocycles. The third kappa shape index (κ3) is 4.59. The Morgan fingerprint density at radius 1 is 1.44 bits per heavy atom. The van der Waals surface area contributed by atoms with Crippen molar-refractivity contribution in [3.63, 3.8) is 0 Å². The summed E-state index contributed by atoms with van der Waals surface area (Å²) in [5, 5.41) is 11.1. The minimum Gasteiger partial charge on any atom is -0.480 e. The van der Waals surface area contributed by atoms with E-state index in [4.69, 9.17) is 15.6 Å². The van der Waals surface area contributed by atoms with E-state index in [9.17, 15) is 9.59 Å². The fourth-order valence-corrected chi connectivity index (χ4v) is 0.996. The number of nitrogens with one attached hydrogen (secondary N) is 1. The van der Waals surface area contributed by atoms with Crippen LogP contribution in [0.4, 0.5) is 0 Å². The summed E-state index contributed by atoms with van der Waals surface area (Å²) in [5.74, 6) is -1.63. The fraction of sp³-hybridized carbons (Fsp3) is 0.800. The number of nitrogens with two attached hydrogens (primary N) is 1. The molecule has 0 radical (unpaired) electrons. The highest BCUT2D eigenvalue weighted by Crippen LogP contribution is 2.17. The molecule has 1 amide bonds. The number of carbonyl (C=O) groups is 2. The molecular formula is C10H20N2O4. The predicted octanol–water partition coefficient (Wildman–Crippen LogP) is -0.424. The Hall–Kier alpha value is -1.14. The number of carbonyl (C=O) groups excluding carboxylic acids is 1. The third-order valence-electron chi connectivity index (χ3n) is 2.16. The summed E-state index contributed by atoms with van der Waals surface area (Å²) in [5.41, 5.74) is 5.28. The number of carboxylic acid groups (broad SMARTS) is 1. The van der Waals surface area contributed by atoms with Gasteiger partial charge in [0.05, 0.1) is 12.6 Å². The minimum atomic E-state index is -1.14. The van der Waals surface area contributed by atoms with E-state index in [0.29, 0.717) is 0 Å². The van der Waals surface area contributed by atoms with Gasteiger partial charge in [0.2, 0.25) is 5.91 Å². The van der Waals surface area contributed by atoms with Gasteiger partial charge in [0.1, 0.15) is 0 Å². The van der Waals surface area contributed by atoms with Crippen LogP contribution in [0.25, 0.3) is 0 Å². The molecule has 6 nitrogen and oxygen atoms in total. The molecule has 0 bridgehead atoms. The van der Waals surface area contributed by atoms with Gasteiger partial charge >= 0.3 is 5.97 Å². The first kappa shape index (κ1) is 14.9. The van der Waals surface area contributed by atoms with Crippen molar-refractivity contribution < 1.29 is 19.4 Å². The molecule has 16 heavy (non-hydrogen) atoms. The summed E-state index contributed by atoms with van der Waals surface area (Å²) in [6.45, 7) is 5.34. The Bertz CT molecular complexity index is 260. The van der Waals surface area contributed by atoms with E-state index < -0.39 is 29.4 Å². The second-order valence-electron chi connectivity index (χ2n) is 4.70. The van der Waals surface area contributed by atoms with E-state index in [1.165, 1.54) is 7.11 Å². The molecule has 0 aromatic carbocycles. The van der Waals surface area contributed by atoms with Gasteiger partial charge < -0.3 is 20.9 Å². The molecule has 4 N–H and O–H groups in total. The van der Waals surface area contributed by atoms with Crippen molar-refractivity contribution in [3.05, 3.63) is 0 Å². The first-order chi connectivity index (χ1) is 7.20. The topological polar surface area (TPSA) is 102 Å². The summed E-state index contributed by atoms with van der Waals surface area (Å²) >= 11 is 0. The van der Waals surface area contributed by atoms with Crippen molar-refractivity contribution >= 4 is 11.9 Å². The molecule has 0 fully saturated rings. The molecule has 0 aliphatic rings. The maximum absolute atomic E-state index is 11.6. The zero-order valence-corrected chi connectivity index (χ0v) is 10.1.